The van der Waals surface area contributed by atoms with Crippen LogP contribution in [0.4, 0.5) is 132 Å². The van der Waals surface area contributed by atoms with Crippen LogP contribution in [-0.4, -0.2) is 118 Å². The van der Waals surface area contributed by atoms with Crippen LogP contribution in [0.25, 0.3) is 0 Å². The predicted octanol–water partition coefficient (Wildman–Crippen LogP) is 16.9. The molecule has 0 amide bonds. The highest BCUT2D eigenvalue weighted by Crippen LogP contribution is 2.71. The molecule has 4 bridgehead atoms. The maximum Gasteiger partial charge on any atom is 0.437 e. The van der Waals surface area contributed by atoms with Crippen molar-refractivity contribution in [2.24, 2.45) is 69.5 Å². The van der Waals surface area contributed by atoms with Gasteiger partial charge in [0, 0.05) is 32.6 Å². The van der Waals surface area contributed by atoms with Crippen molar-refractivity contribution in [2.45, 2.75) is 223 Å². The van der Waals surface area contributed by atoms with Gasteiger partial charge in [-0.25, -0.2) is 0 Å². The van der Waals surface area contributed by atoms with Crippen LogP contribution in [0, 0.1) is 69.5 Å². The minimum Gasteiger partial charge on any atom is -0.459 e. The van der Waals surface area contributed by atoms with Gasteiger partial charge in [0.05, 0.1) is 5.41 Å². The molecular formula is C50H60F30O8. The van der Waals surface area contributed by atoms with Crippen LogP contribution in [0.2, 0.25) is 0 Å². The van der Waals surface area contributed by atoms with Crippen molar-refractivity contribution in [1.82, 2.24) is 0 Å². The minimum absolute atomic E-state index is 0.156. The van der Waals surface area contributed by atoms with Gasteiger partial charge in [0.1, 0.15) is 5.60 Å². The van der Waals surface area contributed by atoms with Crippen LogP contribution in [0.1, 0.15) is 133 Å². The quantitative estimate of drug-likeness (QED) is 0.0840. The highest BCUT2D eigenvalue weighted by Gasteiger charge is 2.81. The Balaban J connectivity index is 0.000000461. The van der Waals surface area contributed by atoms with Gasteiger partial charge in [-0.3, -0.25) is 14.4 Å². The molecule has 0 aliphatic heterocycles. The molecule has 12 unspecified atom stereocenters. The van der Waals surface area contributed by atoms with Gasteiger partial charge in [0.2, 0.25) is 0 Å². The lowest BCUT2D eigenvalue weighted by atomic mass is 9.57. The Morgan fingerprint density at radius 1 is 0.432 bits per heavy atom. The third kappa shape index (κ3) is 14.1. The molecule has 0 aromatic carbocycles. The fourth-order valence-corrected chi connectivity index (χ4v) is 13.9. The molecule has 88 heavy (non-hydrogen) atoms. The standard InChI is InChI=1S/C26H31F15O4.C24H29F15O4/c1-6-19(5,22(27,28)29)11-18(4)8-14-7-17(18)16(10-21(25(36,37)38,26(39,40)41)45-13(3)43)15(14)9-20(23(30,31)32,24(33,34)35)44-12(2)42;1-5-17(4,20(25,26)27)15(40)43-16(2,3)14-7-10-6-11(14)13(9-19(42,23(34,35)36)24(37,38)39)12(10)8-18(41,21(28,29)30)22(31,32)33/h14-17H,6-11H2,1-5H3;10-14,41-42H,5-9H2,1-4H3. The first kappa shape index (κ1) is 78.5. The number of hydrogen-bond acceptors (Lipinski definition) is 8. The topological polar surface area (TPSA) is 119 Å². The van der Waals surface area contributed by atoms with E-state index in [-0.39, 0.29) is 13.8 Å². The zero-order valence-electron chi connectivity index (χ0n) is 47.2. The summed E-state index contributed by atoms with van der Waals surface area (Å²) in [6, 6.07) is 0. The maximum atomic E-state index is 14.2. The zero-order valence-corrected chi connectivity index (χ0v) is 47.2. The Morgan fingerprint density at radius 3 is 1.09 bits per heavy atom. The van der Waals surface area contributed by atoms with Gasteiger partial charge in [-0.05, 0) is 131 Å². The largest absolute Gasteiger partial charge is 0.459 e. The van der Waals surface area contributed by atoms with Gasteiger partial charge >= 0.3 is 90.9 Å². The van der Waals surface area contributed by atoms with Gasteiger partial charge in [-0.15, -0.1) is 0 Å². The molecule has 0 heterocycles. The Hall–Kier alpha value is -3.77. The molecule has 0 spiro atoms. The van der Waals surface area contributed by atoms with Crippen LogP contribution in [0.5, 0.6) is 0 Å². The number of aliphatic hydroxyl groups is 2. The molecule has 4 aliphatic carbocycles. The Labute approximate surface area is 480 Å². The van der Waals surface area contributed by atoms with Crippen molar-refractivity contribution in [1.29, 1.82) is 0 Å². The summed E-state index contributed by atoms with van der Waals surface area (Å²) in [5.41, 5.74) is -31.7. The van der Waals surface area contributed by atoms with Crippen molar-refractivity contribution in [3.8, 4) is 0 Å². The van der Waals surface area contributed by atoms with Crippen LogP contribution in [0.15, 0.2) is 0 Å². The number of ether oxygens (including phenoxy) is 3. The van der Waals surface area contributed by atoms with E-state index in [2.05, 4.69) is 9.47 Å². The Bertz CT molecular complexity index is 2410. The lowest BCUT2D eigenvalue weighted by molar-refractivity contribution is -0.382. The number of halogens is 30. The van der Waals surface area contributed by atoms with E-state index >= 15 is 0 Å². The summed E-state index contributed by atoms with van der Waals surface area (Å²) in [7, 11) is 0. The highest BCUT2D eigenvalue weighted by atomic mass is 19.5. The second-order valence-corrected chi connectivity index (χ2v) is 24.7. The molecule has 0 aromatic heterocycles. The summed E-state index contributed by atoms with van der Waals surface area (Å²) in [6.45, 7) is 6.57. The summed E-state index contributed by atoms with van der Waals surface area (Å²) in [6.07, 6.45) is -76.7. The number of fused-ring (bicyclic) bond motifs is 4. The Kier molecular flexibility index (Phi) is 21.1. The molecule has 8 nitrogen and oxygen atoms in total. The summed E-state index contributed by atoms with van der Waals surface area (Å²) in [5.74, 6) is -23.7. The zero-order chi connectivity index (χ0) is 69.8. The molecule has 12 atom stereocenters. The van der Waals surface area contributed by atoms with E-state index in [4.69, 9.17) is 4.74 Å². The first-order chi connectivity index (χ1) is 38.5. The number of carbonyl (C=O) groups excluding carboxylic acids is 3. The molecule has 0 radical (unpaired) electrons. The van der Waals surface area contributed by atoms with Crippen LogP contribution < -0.4 is 0 Å². The summed E-state index contributed by atoms with van der Waals surface area (Å²) >= 11 is 0. The fraction of sp³-hybridized carbons (Fsp3) is 0.940. The third-order valence-electron chi connectivity index (χ3n) is 18.9. The van der Waals surface area contributed by atoms with Crippen molar-refractivity contribution < 1.29 is 171 Å². The molecule has 2 N–H and O–H groups in total. The van der Waals surface area contributed by atoms with Crippen molar-refractivity contribution in [3.63, 3.8) is 0 Å². The number of alkyl halides is 30. The molecule has 0 saturated heterocycles. The normalized spacial score (nSPS) is 28.0. The number of carbonyl (C=O) groups is 3. The van der Waals surface area contributed by atoms with E-state index in [0.29, 0.717) is 6.92 Å². The predicted molar refractivity (Wildman–Crippen MR) is 237 cm³/mol. The number of rotatable bonds is 17. The van der Waals surface area contributed by atoms with Gasteiger partial charge in [-0.2, -0.15) is 132 Å². The van der Waals surface area contributed by atoms with Crippen molar-refractivity contribution >= 4 is 17.9 Å². The third-order valence-corrected chi connectivity index (χ3v) is 18.9. The molecule has 518 valence electrons. The first-order valence-electron chi connectivity index (χ1n) is 26.2. The van der Waals surface area contributed by atoms with Crippen LogP contribution in [0.3, 0.4) is 0 Å². The minimum atomic E-state index is -6.52. The fourth-order valence-electron chi connectivity index (χ4n) is 13.9. The molecule has 4 saturated carbocycles. The summed E-state index contributed by atoms with van der Waals surface area (Å²) in [5, 5.41) is 19.5. The molecule has 38 heteroatoms. The van der Waals surface area contributed by atoms with Gasteiger partial charge in [0.15, 0.2) is 5.41 Å². The molecule has 0 aromatic rings. The monoisotopic (exact) mass is 1360 g/mol. The summed E-state index contributed by atoms with van der Waals surface area (Å²) in [4.78, 5) is 35.6. The van der Waals surface area contributed by atoms with E-state index in [1.807, 2.05) is 0 Å². The van der Waals surface area contributed by atoms with Crippen LogP contribution in [-0.2, 0) is 28.6 Å². The molecular weight excluding hydrogens is 1300 g/mol. The second-order valence-electron chi connectivity index (χ2n) is 24.7. The lowest BCUT2D eigenvalue weighted by Crippen LogP contribution is -2.63. The highest BCUT2D eigenvalue weighted by molar-refractivity contribution is 5.77. The smallest absolute Gasteiger partial charge is 0.437 e. The first-order valence-corrected chi connectivity index (χ1v) is 26.2. The average Bonchev–Trinajstić information content (AvgIpc) is 1.48. The van der Waals surface area contributed by atoms with Gasteiger partial charge in [0.25, 0.3) is 11.2 Å². The molecule has 4 aliphatic rings. The maximum absolute atomic E-state index is 14.2. The Morgan fingerprint density at radius 2 is 0.784 bits per heavy atom. The van der Waals surface area contributed by atoms with E-state index < -0.39 is 248 Å². The van der Waals surface area contributed by atoms with E-state index in [0.717, 1.165) is 41.5 Å². The molecule has 4 fully saturated rings. The lowest BCUT2D eigenvalue weighted by Gasteiger charge is -2.50. The van der Waals surface area contributed by atoms with E-state index in [1.54, 1.807) is 0 Å². The van der Waals surface area contributed by atoms with Gasteiger partial charge in [-0.1, -0.05) is 27.7 Å². The van der Waals surface area contributed by atoms with Crippen LogP contribution >= 0.6 is 0 Å². The number of hydrogen-bond donors (Lipinski definition) is 2. The SMILES string of the molecule is CCC(C)(C(=O)OC(C)(C)C1CC2CC1C(CC(O)(C(F)(F)F)C(F)(F)F)C2CC(O)(C(F)(F)F)C(F)(F)F)C(F)(F)F.CCC(C)(CC1(C)CC2CC1C(CC(OC(C)=O)(C(F)(F)F)C(F)(F)F)C2CC(OC(C)=O)(C(F)(F)F)C(F)(F)F)C(F)(F)F. The van der Waals surface area contributed by atoms with Gasteiger partial charge < -0.3 is 24.4 Å². The summed E-state index contributed by atoms with van der Waals surface area (Å²) < 4.78 is 428. The van der Waals surface area contributed by atoms with Crippen molar-refractivity contribution in [2.75, 3.05) is 0 Å². The average molecular weight is 1360 g/mol. The van der Waals surface area contributed by atoms with E-state index in [1.165, 1.54) is 0 Å². The number of esters is 3. The van der Waals surface area contributed by atoms with Crippen molar-refractivity contribution in [3.05, 3.63) is 0 Å². The second kappa shape index (κ2) is 23.7. The molecule has 4 rings (SSSR count). The van der Waals surface area contributed by atoms with E-state index in [9.17, 15) is 156 Å².